The van der Waals surface area contributed by atoms with E-state index in [1.165, 1.54) is 59.6 Å². The number of nitrogens with zero attached hydrogens (tertiary/aromatic N) is 3. The minimum Gasteiger partial charge on any atom is -0.306 e. The molecule has 2 saturated heterocycles. The zero-order chi connectivity index (χ0) is 18.3. The van der Waals surface area contributed by atoms with Crippen LogP contribution in [0.4, 0.5) is 0 Å². The highest BCUT2D eigenvalue weighted by atomic mass is 32.1. The third kappa shape index (κ3) is 3.69. The molecule has 0 radical (unpaired) electrons. The maximum atomic E-state index is 5.08. The molecule has 0 spiro atoms. The van der Waals surface area contributed by atoms with E-state index in [9.17, 15) is 0 Å². The van der Waals surface area contributed by atoms with Crippen LogP contribution in [-0.2, 0) is 0 Å². The van der Waals surface area contributed by atoms with Crippen molar-refractivity contribution in [1.29, 1.82) is 0 Å². The highest BCUT2D eigenvalue weighted by Crippen LogP contribution is 2.38. The molecule has 2 fully saturated rings. The Labute approximate surface area is 162 Å². The zero-order valence-electron chi connectivity index (χ0n) is 16.7. The third-order valence-electron chi connectivity index (χ3n) is 6.31. The molecule has 2 aromatic rings. The second-order valence-corrected chi connectivity index (χ2v) is 9.93. The number of likely N-dealkylation sites (N-methyl/N-ethyl adjacent to an activating group) is 1. The Morgan fingerprint density at radius 2 is 2.00 bits per heavy atom. The average Bonchev–Trinajstić information content (AvgIpc) is 3.05. The predicted octanol–water partition coefficient (Wildman–Crippen LogP) is 5.29. The van der Waals surface area contributed by atoms with E-state index in [0.717, 1.165) is 12.5 Å². The first-order valence-corrected chi connectivity index (χ1v) is 11.2. The Kier molecular flexibility index (Phi) is 5.36. The third-order valence-corrected chi connectivity index (χ3v) is 7.50. The quantitative estimate of drug-likeness (QED) is 0.731. The monoisotopic (exact) mass is 371 g/mol. The molecule has 1 aromatic heterocycles. The molecule has 4 heteroatoms. The Balaban J connectivity index is 1.61. The van der Waals surface area contributed by atoms with Gasteiger partial charge >= 0.3 is 0 Å². The van der Waals surface area contributed by atoms with Crippen LogP contribution >= 0.6 is 11.3 Å². The number of rotatable bonds is 3. The molecular weight excluding hydrogens is 338 g/mol. The molecule has 0 saturated carbocycles. The van der Waals surface area contributed by atoms with Crippen LogP contribution in [0.5, 0.6) is 0 Å². The van der Waals surface area contributed by atoms with E-state index < -0.39 is 0 Å². The molecule has 3 heterocycles. The smallest absolute Gasteiger partial charge is 0.0982 e. The van der Waals surface area contributed by atoms with Crippen LogP contribution in [0.15, 0.2) is 18.2 Å². The lowest BCUT2D eigenvalue weighted by molar-refractivity contribution is 0.0819. The second kappa shape index (κ2) is 7.57. The molecule has 3 atom stereocenters. The Bertz CT molecular complexity index is 753. The molecular formula is C22H33N3S. The Morgan fingerprint density at radius 1 is 1.15 bits per heavy atom. The van der Waals surface area contributed by atoms with Crippen LogP contribution in [0.1, 0.15) is 69.0 Å². The molecule has 142 valence electrons. The van der Waals surface area contributed by atoms with Crippen LogP contribution in [0.25, 0.3) is 10.2 Å². The van der Waals surface area contributed by atoms with Crippen molar-refractivity contribution in [2.24, 2.45) is 5.92 Å². The fourth-order valence-electron chi connectivity index (χ4n) is 4.83. The van der Waals surface area contributed by atoms with Gasteiger partial charge in [-0.1, -0.05) is 13.0 Å². The first kappa shape index (κ1) is 18.4. The first-order valence-electron chi connectivity index (χ1n) is 10.4. The molecule has 3 nitrogen and oxygen atoms in total. The number of likely N-dealkylation sites (tertiary alicyclic amines) is 2. The SMILES string of the molecule is CC(C)N1C[C@@H](C)CC[C@@H]1c1ccc2sc([C@H]3CCCN(C)C3)nc2c1. The second-order valence-electron chi connectivity index (χ2n) is 8.87. The summed E-state index contributed by atoms with van der Waals surface area (Å²) in [7, 11) is 2.24. The topological polar surface area (TPSA) is 19.4 Å². The van der Waals surface area contributed by atoms with E-state index in [4.69, 9.17) is 4.98 Å². The number of hydrogen-bond donors (Lipinski definition) is 0. The maximum Gasteiger partial charge on any atom is 0.0982 e. The molecule has 0 aliphatic carbocycles. The lowest BCUT2D eigenvalue weighted by Gasteiger charge is -2.41. The number of hydrogen-bond acceptors (Lipinski definition) is 4. The van der Waals surface area contributed by atoms with Gasteiger partial charge in [0.1, 0.15) is 0 Å². The summed E-state index contributed by atoms with van der Waals surface area (Å²) in [6, 6.07) is 8.24. The molecule has 0 N–H and O–H groups in total. The fourth-order valence-corrected chi connectivity index (χ4v) is 5.90. The Morgan fingerprint density at radius 3 is 2.77 bits per heavy atom. The summed E-state index contributed by atoms with van der Waals surface area (Å²) in [5.41, 5.74) is 2.69. The van der Waals surface area contributed by atoms with Crippen molar-refractivity contribution >= 4 is 21.6 Å². The normalized spacial score (nSPS) is 28.9. The van der Waals surface area contributed by atoms with E-state index in [1.807, 2.05) is 11.3 Å². The fraction of sp³-hybridized carbons (Fsp3) is 0.682. The average molecular weight is 372 g/mol. The summed E-state index contributed by atoms with van der Waals surface area (Å²) in [6.45, 7) is 10.7. The van der Waals surface area contributed by atoms with Gasteiger partial charge in [-0.05, 0) is 76.7 Å². The van der Waals surface area contributed by atoms with Crippen molar-refractivity contribution in [3.63, 3.8) is 0 Å². The number of thiazole rings is 1. The van der Waals surface area contributed by atoms with E-state index >= 15 is 0 Å². The van der Waals surface area contributed by atoms with Gasteiger partial charge in [0.2, 0.25) is 0 Å². The number of fused-ring (bicyclic) bond motifs is 1. The van der Waals surface area contributed by atoms with Gasteiger partial charge in [-0.2, -0.15) is 0 Å². The van der Waals surface area contributed by atoms with E-state index in [0.29, 0.717) is 18.0 Å². The molecule has 0 unspecified atom stereocenters. The van der Waals surface area contributed by atoms with Gasteiger partial charge in [-0.15, -0.1) is 11.3 Å². The van der Waals surface area contributed by atoms with Crippen molar-refractivity contribution in [2.45, 2.75) is 64.5 Å². The largest absolute Gasteiger partial charge is 0.306 e. The number of benzene rings is 1. The molecule has 0 bridgehead atoms. The van der Waals surface area contributed by atoms with Crippen LogP contribution in [0.2, 0.25) is 0 Å². The highest BCUT2D eigenvalue weighted by Gasteiger charge is 2.29. The predicted molar refractivity (Wildman–Crippen MR) is 112 cm³/mol. The molecule has 0 amide bonds. The molecule has 26 heavy (non-hydrogen) atoms. The van der Waals surface area contributed by atoms with Crippen LogP contribution in [-0.4, -0.2) is 47.5 Å². The van der Waals surface area contributed by atoms with Crippen LogP contribution in [0, 0.1) is 5.92 Å². The lowest BCUT2D eigenvalue weighted by atomic mass is 9.89. The zero-order valence-corrected chi connectivity index (χ0v) is 17.6. The van der Waals surface area contributed by atoms with Gasteiger partial charge < -0.3 is 4.90 Å². The summed E-state index contributed by atoms with van der Waals surface area (Å²) in [5.74, 6) is 1.43. The minimum absolute atomic E-state index is 0.557. The first-order chi connectivity index (χ1) is 12.5. The molecule has 2 aliphatic heterocycles. The van der Waals surface area contributed by atoms with Gasteiger partial charge in [0.25, 0.3) is 0 Å². The van der Waals surface area contributed by atoms with Gasteiger partial charge in [-0.3, -0.25) is 4.90 Å². The van der Waals surface area contributed by atoms with Crippen molar-refractivity contribution < 1.29 is 0 Å². The summed E-state index contributed by atoms with van der Waals surface area (Å²) < 4.78 is 1.36. The van der Waals surface area contributed by atoms with E-state index in [-0.39, 0.29) is 0 Å². The maximum absolute atomic E-state index is 5.08. The van der Waals surface area contributed by atoms with Gasteiger partial charge in [0, 0.05) is 31.1 Å². The molecule has 2 aliphatic rings. The van der Waals surface area contributed by atoms with Crippen molar-refractivity contribution in [1.82, 2.24) is 14.8 Å². The van der Waals surface area contributed by atoms with Gasteiger partial charge in [0.05, 0.1) is 15.2 Å². The lowest BCUT2D eigenvalue weighted by Crippen LogP contribution is -2.41. The number of aromatic nitrogens is 1. The Hall–Kier alpha value is -0.970. The standard InChI is InChI=1S/C22H33N3S/c1-15(2)25-13-16(3)7-9-20(25)17-8-10-21-19(12-17)23-22(26-21)18-6-5-11-24(4)14-18/h8,10,12,15-16,18,20H,5-7,9,11,13-14H2,1-4H3/t16-,18-,20+/m0/s1. The number of piperidine rings is 2. The van der Waals surface area contributed by atoms with E-state index in [2.05, 4.69) is 55.8 Å². The van der Waals surface area contributed by atoms with E-state index in [1.54, 1.807) is 0 Å². The van der Waals surface area contributed by atoms with Crippen molar-refractivity contribution in [2.75, 3.05) is 26.7 Å². The van der Waals surface area contributed by atoms with Crippen molar-refractivity contribution in [3.8, 4) is 0 Å². The van der Waals surface area contributed by atoms with Crippen LogP contribution in [0.3, 0.4) is 0 Å². The minimum atomic E-state index is 0.557. The summed E-state index contributed by atoms with van der Waals surface area (Å²) in [5, 5.41) is 1.35. The summed E-state index contributed by atoms with van der Waals surface area (Å²) >= 11 is 1.92. The summed E-state index contributed by atoms with van der Waals surface area (Å²) in [4.78, 5) is 10.2. The summed E-state index contributed by atoms with van der Waals surface area (Å²) in [6.07, 6.45) is 5.20. The molecule has 1 aromatic carbocycles. The van der Waals surface area contributed by atoms with Crippen molar-refractivity contribution in [3.05, 3.63) is 28.8 Å². The molecule has 4 rings (SSSR count). The van der Waals surface area contributed by atoms with Crippen LogP contribution < -0.4 is 0 Å². The van der Waals surface area contributed by atoms with Gasteiger partial charge in [-0.25, -0.2) is 4.98 Å². The van der Waals surface area contributed by atoms with Gasteiger partial charge in [0.15, 0.2) is 0 Å². The highest BCUT2D eigenvalue weighted by molar-refractivity contribution is 7.18.